The van der Waals surface area contributed by atoms with Gasteiger partial charge in [-0.25, -0.2) is 4.98 Å². The third-order valence-electron chi connectivity index (χ3n) is 5.84. The molecule has 3 heterocycles. The number of carbonyl (C=O) groups is 1. The zero-order valence-electron chi connectivity index (χ0n) is 16.4. The Balaban J connectivity index is 1.29. The lowest BCUT2D eigenvalue weighted by Gasteiger charge is -2.31. The van der Waals surface area contributed by atoms with E-state index in [9.17, 15) is 4.79 Å². The predicted molar refractivity (Wildman–Crippen MR) is 113 cm³/mol. The molecule has 5 rings (SSSR count). The lowest BCUT2D eigenvalue weighted by atomic mass is 9.95. The van der Waals surface area contributed by atoms with Crippen LogP contribution in [0.15, 0.2) is 54.9 Å². The highest BCUT2D eigenvalue weighted by atomic mass is 16.2. The number of imidazole rings is 1. The maximum atomic E-state index is 13.0. The number of nitrogens with one attached hydrogen (secondary N) is 2. The van der Waals surface area contributed by atoms with Gasteiger partial charge in [0, 0.05) is 36.3 Å². The number of benzene rings is 2. The molecule has 0 unspecified atom stereocenters. The van der Waals surface area contributed by atoms with Crippen LogP contribution in [0.3, 0.4) is 0 Å². The summed E-state index contributed by atoms with van der Waals surface area (Å²) in [5.41, 5.74) is 6.04. The first-order valence-electron chi connectivity index (χ1n) is 10.0. The molecule has 1 aliphatic heterocycles. The number of rotatable bonds is 3. The van der Waals surface area contributed by atoms with Gasteiger partial charge in [-0.15, -0.1) is 0 Å². The van der Waals surface area contributed by atoms with Crippen molar-refractivity contribution in [2.75, 3.05) is 13.1 Å². The minimum Gasteiger partial charge on any atom is -0.342 e. The molecule has 1 fully saturated rings. The fourth-order valence-corrected chi connectivity index (χ4v) is 4.17. The van der Waals surface area contributed by atoms with Gasteiger partial charge in [-0.2, -0.15) is 5.10 Å². The van der Waals surface area contributed by atoms with Crippen molar-refractivity contribution in [2.45, 2.75) is 25.7 Å². The van der Waals surface area contributed by atoms with Crippen LogP contribution in [-0.2, 0) is 0 Å². The quantitative estimate of drug-likeness (QED) is 0.552. The van der Waals surface area contributed by atoms with Gasteiger partial charge in [-0.05, 0) is 49.1 Å². The van der Waals surface area contributed by atoms with Crippen molar-refractivity contribution < 1.29 is 4.79 Å². The summed E-state index contributed by atoms with van der Waals surface area (Å²) in [6, 6.07) is 14.0. The van der Waals surface area contributed by atoms with Crippen LogP contribution >= 0.6 is 0 Å². The molecule has 0 aliphatic carbocycles. The number of hydrogen-bond acceptors (Lipinski definition) is 3. The highest BCUT2D eigenvalue weighted by Crippen LogP contribution is 2.29. The second-order valence-electron chi connectivity index (χ2n) is 7.73. The van der Waals surface area contributed by atoms with Crippen LogP contribution in [0, 0.1) is 6.92 Å². The average Bonchev–Trinajstić information content (AvgIpc) is 3.44. The summed E-state index contributed by atoms with van der Waals surface area (Å²) < 4.78 is 0. The summed E-state index contributed by atoms with van der Waals surface area (Å²) in [5.74, 6) is 1.50. The Hall–Kier alpha value is -3.41. The highest BCUT2D eigenvalue weighted by Gasteiger charge is 2.26. The molecule has 4 aromatic rings. The Morgan fingerprint density at radius 3 is 2.69 bits per heavy atom. The van der Waals surface area contributed by atoms with Crippen LogP contribution in [0.25, 0.3) is 22.2 Å². The Morgan fingerprint density at radius 2 is 1.93 bits per heavy atom. The Morgan fingerprint density at radius 1 is 1.10 bits per heavy atom. The number of H-pyrrole nitrogens is 2. The van der Waals surface area contributed by atoms with E-state index < -0.39 is 0 Å². The number of para-hydroxylation sites is 1. The van der Waals surface area contributed by atoms with Gasteiger partial charge >= 0.3 is 0 Å². The van der Waals surface area contributed by atoms with Gasteiger partial charge < -0.3 is 9.88 Å². The molecule has 0 spiro atoms. The van der Waals surface area contributed by atoms with E-state index in [0.717, 1.165) is 59.5 Å². The number of likely N-dealkylation sites (tertiary alicyclic amines) is 1. The first kappa shape index (κ1) is 17.7. The van der Waals surface area contributed by atoms with Gasteiger partial charge in [0.2, 0.25) is 0 Å². The second kappa shape index (κ2) is 7.20. The van der Waals surface area contributed by atoms with Gasteiger partial charge in [0.15, 0.2) is 0 Å². The number of aryl methyl sites for hydroxylation is 1. The van der Waals surface area contributed by atoms with Crippen LogP contribution < -0.4 is 0 Å². The maximum absolute atomic E-state index is 13.0. The molecule has 1 amide bonds. The van der Waals surface area contributed by atoms with Gasteiger partial charge in [0.1, 0.15) is 5.82 Å². The van der Waals surface area contributed by atoms with Crippen LogP contribution in [0.2, 0.25) is 0 Å². The molecule has 1 saturated heterocycles. The summed E-state index contributed by atoms with van der Waals surface area (Å²) in [5, 5.41) is 6.81. The van der Waals surface area contributed by atoms with Gasteiger partial charge in [0.25, 0.3) is 5.91 Å². The lowest BCUT2D eigenvalue weighted by Crippen LogP contribution is -2.38. The van der Waals surface area contributed by atoms with E-state index in [-0.39, 0.29) is 5.91 Å². The SMILES string of the molecule is Cc1cccc2[nH]c(C3CCN(C(=O)c4cccc(-c5cn[nH]c5)c4)CC3)nc12. The van der Waals surface area contributed by atoms with E-state index in [1.165, 1.54) is 5.56 Å². The first-order valence-corrected chi connectivity index (χ1v) is 10.0. The number of fused-ring (bicyclic) bond motifs is 1. The molecule has 6 nitrogen and oxygen atoms in total. The molecular weight excluding hydrogens is 362 g/mol. The van der Waals surface area contributed by atoms with Crippen LogP contribution in [-0.4, -0.2) is 44.1 Å². The van der Waals surface area contributed by atoms with Crippen LogP contribution in [0.1, 0.15) is 40.5 Å². The molecule has 1 aliphatic rings. The van der Waals surface area contributed by atoms with Gasteiger partial charge in [0.05, 0.1) is 17.2 Å². The van der Waals surface area contributed by atoms with E-state index in [0.29, 0.717) is 5.92 Å². The molecule has 146 valence electrons. The summed E-state index contributed by atoms with van der Waals surface area (Å²) in [4.78, 5) is 23.3. The number of carbonyl (C=O) groups excluding carboxylic acids is 1. The Kier molecular flexibility index (Phi) is 4.39. The maximum Gasteiger partial charge on any atom is 0.253 e. The molecule has 2 aromatic carbocycles. The van der Waals surface area contributed by atoms with Crippen molar-refractivity contribution in [3.63, 3.8) is 0 Å². The number of amides is 1. The standard InChI is InChI=1S/C23H23N5O/c1-15-4-2-7-20-21(15)27-22(26-20)16-8-10-28(11-9-16)23(29)18-6-3-5-17(12-18)19-13-24-25-14-19/h2-7,12-14,16H,8-11H2,1H3,(H,24,25)(H,26,27). The van der Waals surface area contributed by atoms with Crippen LogP contribution in [0.4, 0.5) is 0 Å². The number of aromatic nitrogens is 4. The Labute approximate surface area is 169 Å². The molecule has 2 aromatic heterocycles. The fourth-order valence-electron chi connectivity index (χ4n) is 4.17. The molecule has 6 heteroatoms. The monoisotopic (exact) mass is 385 g/mol. The summed E-state index contributed by atoms with van der Waals surface area (Å²) in [7, 11) is 0. The molecule has 0 atom stereocenters. The summed E-state index contributed by atoms with van der Waals surface area (Å²) in [6.07, 6.45) is 5.45. The zero-order valence-corrected chi connectivity index (χ0v) is 16.4. The molecule has 0 bridgehead atoms. The normalized spacial score (nSPS) is 15.1. The average molecular weight is 385 g/mol. The lowest BCUT2D eigenvalue weighted by molar-refractivity contribution is 0.0711. The molecule has 0 saturated carbocycles. The predicted octanol–water partition coefficient (Wildman–Crippen LogP) is 4.28. The molecule has 0 radical (unpaired) electrons. The number of piperidine rings is 1. The van der Waals surface area contributed by atoms with E-state index in [4.69, 9.17) is 4.98 Å². The van der Waals surface area contributed by atoms with E-state index >= 15 is 0 Å². The number of hydrogen-bond donors (Lipinski definition) is 2. The van der Waals surface area contributed by atoms with Crippen molar-refractivity contribution in [2.24, 2.45) is 0 Å². The number of nitrogens with zero attached hydrogens (tertiary/aromatic N) is 3. The van der Waals surface area contributed by atoms with Crippen molar-refractivity contribution in [3.05, 3.63) is 71.8 Å². The highest BCUT2D eigenvalue weighted by molar-refractivity contribution is 5.95. The van der Waals surface area contributed by atoms with Crippen molar-refractivity contribution in [3.8, 4) is 11.1 Å². The van der Waals surface area contributed by atoms with E-state index in [1.807, 2.05) is 35.4 Å². The third-order valence-corrected chi connectivity index (χ3v) is 5.84. The smallest absolute Gasteiger partial charge is 0.253 e. The zero-order chi connectivity index (χ0) is 19.8. The Bertz CT molecular complexity index is 1150. The topological polar surface area (TPSA) is 77.7 Å². The second-order valence-corrected chi connectivity index (χ2v) is 7.73. The molecule has 29 heavy (non-hydrogen) atoms. The first-order chi connectivity index (χ1) is 14.2. The summed E-state index contributed by atoms with van der Waals surface area (Å²) >= 11 is 0. The van der Waals surface area contributed by atoms with Crippen molar-refractivity contribution in [1.82, 2.24) is 25.1 Å². The van der Waals surface area contributed by atoms with Gasteiger partial charge in [-0.3, -0.25) is 9.89 Å². The van der Waals surface area contributed by atoms with Crippen molar-refractivity contribution >= 4 is 16.9 Å². The molecule has 2 N–H and O–H groups in total. The summed E-state index contributed by atoms with van der Waals surface area (Å²) in [6.45, 7) is 3.58. The van der Waals surface area contributed by atoms with Crippen LogP contribution in [0.5, 0.6) is 0 Å². The van der Waals surface area contributed by atoms with Crippen molar-refractivity contribution in [1.29, 1.82) is 0 Å². The largest absolute Gasteiger partial charge is 0.342 e. The van der Waals surface area contributed by atoms with E-state index in [1.54, 1.807) is 6.20 Å². The third kappa shape index (κ3) is 3.31. The minimum absolute atomic E-state index is 0.0919. The fraction of sp³-hybridized carbons (Fsp3) is 0.261. The minimum atomic E-state index is 0.0919. The number of aromatic amines is 2. The molecular formula is C23H23N5O. The van der Waals surface area contributed by atoms with E-state index in [2.05, 4.69) is 40.3 Å². The van der Waals surface area contributed by atoms with Gasteiger partial charge in [-0.1, -0.05) is 24.3 Å².